The molecule has 0 aliphatic heterocycles. The molecule has 0 unspecified atom stereocenters. The van der Waals surface area contributed by atoms with Crippen LogP contribution in [0.2, 0.25) is 0 Å². The first-order valence-electron chi connectivity index (χ1n) is 16.1. The van der Waals surface area contributed by atoms with Gasteiger partial charge >= 0.3 is 0 Å². The maximum absolute atomic E-state index is 8.36. The fraction of sp³-hybridized carbons (Fsp3) is 0.450. The van der Waals surface area contributed by atoms with E-state index in [0.29, 0.717) is 0 Å². The molecule has 0 fully saturated rings. The van der Waals surface area contributed by atoms with Crippen LogP contribution in [-0.4, -0.2) is 0 Å². The molecular weight excluding hydrogens is 480 g/mol. The Morgan fingerprint density at radius 3 is 1.27 bits per heavy atom. The van der Waals surface area contributed by atoms with Gasteiger partial charge in [0, 0.05) is 0 Å². The lowest BCUT2D eigenvalue weighted by Gasteiger charge is -2.33. The van der Waals surface area contributed by atoms with E-state index in [1.54, 1.807) is 12.2 Å². The number of rotatable bonds is 10. The van der Waals surface area contributed by atoms with Crippen molar-refractivity contribution in [3.63, 3.8) is 0 Å². The van der Waals surface area contributed by atoms with Gasteiger partial charge in [0.15, 0.2) is 0 Å². The Bertz CT molecular complexity index is 1220. The van der Waals surface area contributed by atoms with Crippen LogP contribution in [0.1, 0.15) is 111 Å². The number of hydrogen-bond acceptors (Lipinski definition) is 0. The van der Waals surface area contributed by atoms with Gasteiger partial charge in [0.05, 0.1) is 2.74 Å². The van der Waals surface area contributed by atoms with Gasteiger partial charge < -0.3 is 0 Å². The van der Waals surface area contributed by atoms with Crippen LogP contribution in [0.4, 0.5) is 0 Å². The average Bonchev–Trinajstić information content (AvgIpc) is 2.87. The highest BCUT2D eigenvalue weighted by atomic mass is 14.3. The lowest BCUT2D eigenvalue weighted by Crippen LogP contribution is -2.19. The minimum absolute atomic E-state index is 0.209. The predicted octanol–water partition coefficient (Wildman–Crippen LogP) is 12.6. The van der Waals surface area contributed by atoms with Crippen LogP contribution < -0.4 is 0 Å². The highest BCUT2D eigenvalue weighted by molar-refractivity contribution is 5.39. The third kappa shape index (κ3) is 11.3. The quantitative estimate of drug-likeness (QED) is 0.243. The van der Waals surface area contributed by atoms with Crippen molar-refractivity contribution in [2.75, 3.05) is 0 Å². The van der Waals surface area contributed by atoms with Crippen LogP contribution >= 0.6 is 0 Å². The van der Waals surface area contributed by atoms with Crippen molar-refractivity contribution in [2.24, 2.45) is 10.8 Å². The second-order valence-corrected chi connectivity index (χ2v) is 13.1. The van der Waals surface area contributed by atoms with E-state index in [0.717, 1.165) is 11.1 Å². The standard InChI is InChI=1S/C40H56/c1-31(19-13-21-33(3)25-27-37-35(5)23-15-29-39(37,7)8)17-11-12-18-32(2)20-14-22-34(4)26-28-38-36(6)24-16-30-40(38,9)10/h11-14,17-22,25-28H,15-16,23-24,29-30H2,1-10H3/b12-11+,19-13+,20-14+,27-25+,28-26+,31-17+,32-18+,33-21+,34-22+/i11D,12D. The Kier molecular flexibility index (Phi) is 11.9. The van der Waals surface area contributed by atoms with Gasteiger partial charge in [-0.05, 0) is 102 Å². The molecule has 0 nitrogen and oxygen atoms in total. The molecule has 0 radical (unpaired) electrons. The van der Waals surface area contributed by atoms with Gasteiger partial charge in [0.1, 0.15) is 0 Å². The molecule has 0 heteroatoms. The monoisotopic (exact) mass is 538 g/mol. The van der Waals surface area contributed by atoms with Crippen molar-refractivity contribution in [3.8, 4) is 0 Å². The maximum atomic E-state index is 8.36. The molecule has 2 aliphatic carbocycles. The van der Waals surface area contributed by atoms with E-state index in [-0.39, 0.29) is 22.9 Å². The van der Waals surface area contributed by atoms with Gasteiger partial charge in [-0.15, -0.1) is 0 Å². The summed E-state index contributed by atoms with van der Waals surface area (Å²) in [6, 6.07) is 0.418. The number of hydrogen-bond donors (Lipinski definition) is 0. The molecule has 0 saturated carbocycles. The fourth-order valence-corrected chi connectivity index (χ4v) is 5.67. The Balaban J connectivity index is 2.01. The average molecular weight is 539 g/mol. The molecule has 0 bridgehead atoms. The smallest absolute Gasteiger partial charge is 0.0623 e. The van der Waals surface area contributed by atoms with Crippen LogP contribution in [0.15, 0.2) is 130 Å². The molecule has 0 saturated heterocycles. The molecule has 40 heavy (non-hydrogen) atoms. The zero-order chi connectivity index (χ0) is 31.5. The zero-order valence-corrected chi connectivity index (χ0v) is 27.2. The van der Waals surface area contributed by atoms with Gasteiger partial charge in [0.2, 0.25) is 0 Å². The minimum Gasteiger partial charge on any atom is -0.0696 e. The molecule has 0 spiro atoms. The van der Waals surface area contributed by atoms with Crippen molar-refractivity contribution >= 4 is 0 Å². The first-order valence-corrected chi connectivity index (χ1v) is 15.1. The van der Waals surface area contributed by atoms with Gasteiger partial charge in [0.25, 0.3) is 0 Å². The van der Waals surface area contributed by atoms with Crippen molar-refractivity contribution in [2.45, 2.75) is 108 Å². The summed E-state index contributed by atoms with van der Waals surface area (Å²) in [5.74, 6) is 0. The lowest BCUT2D eigenvalue weighted by atomic mass is 9.72. The molecule has 2 aliphatic rings. The summed E-state index contributed by atoms with van der Waals surface area (Å²) in [6.45, 7) is 22.1. The normalized spacial score (nSPS) is 23.1. The molecule has 0 aromatic carbocycles. The largest absolute Gasteiger partial charge is 0.0696 e. The third-order valence-electron chi connectivity index (χ3n) is 8.23. The molecule has 0 aromatic rings. The van der Waals surface area contributed by atoms with Gasteiger partial charge in [-0.2, -0.15) is 0 Å². The van der Waals surface area contributed by atoms with Gasteiger partial charge in [-0.1, -0.05) is 146 Å². The second-order valence-electron chi connectivity index (χ2n) is 13.1. The molecular formula is C40H56. The maximum Gasteiger partial charge on any atom is 0.0623 e. The summed E-state index contributed by atoms with van der Waals surface area (Å²) in [5, 5.41) is 0. The predicted molar refractivity (Wildman–Crippen MR) is 181 cm³/mol. The summed E-state index contributed by atoms with van der Waals surface area (Å²) < 4.78 is 16.7. The van der Waals surface area contributed by atoms with Crippen molar-refractivity contribution in [1.29, 1.82) is 0 Å². The molecule has 0 amide bonds. The highest BCUT2D eigenvalue weighted by Crippen LogP contribution is 2.41. The van der Waals surface area contributed by atoms with Gasteiger partial charge in [-0.3, -0.25) is 0 Å². The summed E-state index contributed by atoms with van der Waals surface area (Å²) in [6.07, 6.45) is 32.2. The highest BCUT2D eigenvalue weighted by Gasteiger charge is 2.27. The Morgan fingerprint density at radius 2 is 0.925 bits per heavy atom. The van der Waals surface area contributed by atoms with Crippen LogP contribution in [0.3, 0.4) is 0 Å². The van der Waals surface area contributed by atoms with Crippen LogP contribution in [-0.2, 0) is 0 Å². The van der Waals surface area contributed by atoms with E-state index in [1.165, 1.54) is 72.0 Å². The summed E-state index contributed by atoms with van der Waals surface area (Å²) in [7, 11) is 0. The molecule has 0 heterocycles. The molecule has 0 atom stereocenters. The van der Waals surface area contributed by atoms with E-state index in [9.17, 15) is 0 Å². The van der Waals surface area contributed by atoms with Crippen LogP contribution in [0.5, 0.6) is 0 Å². The molecule has 0 N–H and O–H groups in total. The fourth-order valence-electron chi connectivity index (χ4n) is 5.67. The summed E-state index contributed by atoms with van der Waals surface area (Å²) in [4.78, 5) is 0. The minimum atomic E-state index is 0.209. The van der Waals surface area contributed by atoms with E-state index < -0.39 is 0 Å². The zero-order valence-electron chi connectivity index (χ0n) is 29.2. The van der Waals surface area contributed by atoms with E-state index in [4.69, 9.17) is 2.74 Å². The first-order chi connectivity index (χ1) is 19.6. The van der Waals surface area contributed by atoms with Crippen LogP contribution in [0.25, 0.3) is 0 Å². The topological polar surface area (TPSA) is 0 Å². The lowest BCUT2D eigenvalue weighted by molar-refractivity contribution is 0.376. The van der Waals surface area contributed by atoms with Crippen molar-refractivity contribution in [1.82, 2.24) is 0 Å². The number of allylic oxidation sites excluding steroid dienone is 22. The van der Waals surface area contributed by atoms with Gasteiger partial charge in [-0.25, -0.2) is 0 Å². The van der Waals surface area contributed by atoms with E-state index in [2.05, 4.69) is 91.8 Å². The van der Waals surface area contributed by atoms with E-state index in [1.807, 2.05) is 38.2 Å². The van der Waals surface area contributed by atoms with Crippen LogP contribution in [0, 0.1) is 10.8 Å². The molecule has 0 aromatic heterocycles. The Labute approximate surface area is 250 Å². The molecule has 216 valence electrons. The third-order valence-corrected chi connectivity index (χ3v) is 8.23. The van der Waals surface area contributed by atoms with Crippen molar-refractivity contribution in [3.05, 3.63) is 130 Å². The second kappa shape index (κ2) is 15.8. The Morgan fingerprint density at radius 1 is 0.575 bits per heavy atom. The van der Waals surface area contributed by atoms with Crippen molar-refractivity contribution < 1.29 is 2.74 Å². The summed E-state index contributed by atoms with van der Waals surface area (Å²) in [5.41, 5.74) is 10.7. The Hall–Kier alpha value is -2.86. The van der Waals surface area contributed by atoms with E-state index >= 15 is 0 Å². The SMILES string of the molecule is [2H]C(/C=C(C)/C=C/C=C(C)/C=C/C1=C(C)CCCC1(C)C)=C([2H])\C=C(C)\C=C\C=C(C)\C=C\C1=C(C)CCCC1(C)C. The molecule has 2 rings (SSSR count). The summed E-state index contributed by atoms with van der Waals surface area (Å²) >= 11 is 0. The first kappa shape index (κ1) is 30.1.